The van der Waals surface area contributed by atoms with Crippen LogP contribution in [0.3, 0.4) is 0 Å². The van der Waals surface area contributed by atoms with Gasteiger partial charge in [0, 0.05) is 0 Å². The molecule has 1 heterocycles. The predicted molar refractivity (Wildman–Crippen MR) is 71.6 cm³/mol. The van der Waals surface area contributed by atoms with E-state index in [1.54, 1.807) is 42.5 Å². The lowest BCUT2D eigenvalue weighted by atomic mass is 10.4. The van der Waals surface area contributed by atoms with E-state index in [2.05, 4.69) is 5.92 Å². The highest BCUT2D eigenvalue weighted by atomic mass is 32.2. The van der Waals surface area contributed by atoms with Crippen LogP contribution >= 0.6 is 0 Å². The van der Waals surface area contributed by atoms with Gasteiger partial charge in [0.1, 0.15) is 5.76 Å². The topological polar surface area (TPSA) is 50.5 Å². The number of rotatable bonds is 5. The summed E-state index contributed by atoms with van der Waals surface area (Å²) >= 11 is 0. The fourth-order valence-electron chi connectivity index (χ4n) is 1.65. The molecular weight excluding hydrogens is 262 g/mol. The van der Waals surface area contributed by atoms with Gasteiger partial charge >= 0.3 is 0 Å². The van der Waals surface area contributed by atoms with Crippen LogP contribution in [-0.4, -0.2) is 19.3 Å². The second-order valence-electron chi connectivity index (χ2n) is 3.87. The van der Waals surface area contributed by atoms with Crippen LogP contribution < -0.4 is 0 Å². The Labute approximate surface area is 112 Å². The third-order valence-electron chi connectivity index (χ3n) is 2.56. The molecule has 0 saturated heterocycles. The van der Waals surface area contributed by atoms with Crippen LogP contribution in [0.2, 0.25) is 0 Å². The maximum absolute atomic E-state index is 12.4. The van der Waals surface area contributed by atoms with Crippen LogP contribution in [0.15, 0.2) is 58.0 Å². The van der Waals surface area contributed by atoms with Crippen molar-refractivity contribution in [2.45, 2.75) is 11.4 Å². The second-order valence-corrected chi connectivity index (χ2v) is 5.81. The first-order chi connectivity index (χ1) is 9.14. The van der Waals surface area contributed by atoms with E-state index in [0.717, 1.165) is 0 Å². The summed E-state index contributed by atoms with van der Waals surface area (Å²) in [6, 6.07) is 11.6. The molecule has 1 aromatic heterocycles. The lowest BCUT2D eigenvalue weighted by Gasteiger charge is -2.18. The molecule has 0 saturated carbocycles. The van der Waals surface area contributed by atoms with Gasteiger partial charge in [-0.3, -0.25) is 0 Å². The molecule has 2 aromatic rings. The van der Waals surface area contributed by atoms with Crippen molar-refractivity contribution in [2.24, 2.45) is 0 Å². The predicted octanol–water partition coefficient (Wildman–Crippen LogP) is 2.10. The Morgan fingerprint density at radius 2 is 1.89 bits per heavy atom. The molecule has 0 amide bonds. The summed E-state index contributed by atoms with van der Waals surface area (Å²) in [5, 5.41) is 0. The SMILES string of the molecule is C#CCN(Cc1ccco1)S(=O)(=O)c1ccccc1. The van der Waals surface area contributed by atoms with Crippen molar-refractivity contribution >= 4 is 10.0 Å². The first kappa shape index (κ1) is 13.4. The number of hydrogen-bond donors (Lipinski definition) is 0. The zero-order valence-electron chi connectivity index (χ0n) is 10.2. The molecule has 0 radical (unpaired) electrons. The van der Waals surface area contributed by atoms with E-state index in [-0.39, 0.29) is 18.0 Å². The Kier molecular flexibility index (Phi) is 4.05. The first-order valence-corrected chi connectivity index (χ1v) is 7.09. The summed E-state index contributed by atoms with van der Waals surface area (Å²) in [5.41, 5.74) is 0. The van der Waals surface area contributed by atoms with Gasteiger partial charge < -0.3 is 4.42 Å². The lowest BCUT2D eigenvalue weighted by Crippen LogP contribution is -2.30. The van der Waals surface area contributed by atoms with E-state index >= 15 is 0 Å². The normalized spacial score (nSPS) is 11.4. The molecule has 0 fully saturated rings. The third kappa shape index (κ3) is 3.05. The molecule has 2 rings (SSSR count). The Morgan fingerprint density at radius 3 is 2.47 bits per heavy atom. The molecule has 0 aliphatic carbocycles. The minimum Gasteiger partial charge on any atom is -0.468 e. The van der Waals surface area contributed by atoms with Crippen molar-refractivity contribution in [1.82, 2.24) is 4.31 Å². The maximum Gasteiger partial charge on any atom is 0.244 e. The highest BCUT2D eigenvalue weighted by Crippen LogP contribution is 2.17. The van der Waals surface area contributed by atoms with Crippen molar-refractivity contribution < 1.29 is 12.8 Å². The number of terminal acetylenes is 1. The van der Waals surface area contributed by atoms with Gasteiger partial charge in [0.05, 0.1) is 24.2 Å². The van der Waals surface area contributed by atoms with Gasteiger partial charge in [-0.2, -0.15) is 4.31 Å². The maximum atomic E-state index is 12.4. The standard InChI is InChI=1S/C14H13NO3S/c1-2-10-15(12-13-7-6-11-18-13)19(16,17)14-8-4-3-5-9-14/h1,3-9,11H,10,12H2. The van der Waals surface area contributed by atoms with Gasteiger partial charge in [-0.1, -0.05) is 24.1 Å². The summed E-state index contributed by atoms with van der Waals surface area (Å²) in [4.78, 5) is 0.219. The molecule has 0 spiro atoms. The van der Waals surface area contributed by atoms with E-state index in [0.29, 0.717) is 5.76 Å². The van der Waals surface area contributed by atoms with Gasteiger partial charge in [-0.15, -0.1) is 6.42 Å². The number of benzene rings is 1. The fraction of sp³-hybridized carbons (Fsp3) is 0.143. The summed E-state index contributed by atoms with van der Waals surface area (Å²) in [6.45, 7) is 0.117. The average molecular weight is 275 g/mol. The summed E-state index contributed by atoms with van der Waals surface area (Å²) in [6.07, 6.45) is 6.74. The molecule has 19 heavy (non-hydrogen) atoms. The monoisotopic (exact) mass is 275 g/mol. The molecule has 0 unspecified atom stereocenters. The van der Waals surface area contributed by atoms with Crippen LogP contribution in [-0.2, 0) is 16.6 Å². The first-order valence-electron chi connectivity index (χ1n) is 5.65. The molecular formula is C14H13NO3S. The number of nitrogens with zero attached hydrogens (tertiary/aromatic N) is 1. The Balaban J connectivity index is 2.31. The zero-order chi connectivity index (χ0) is 13.7. The quantitative estimate of drug-likeness (QED) is 0.785. The highest BCUT2D eigenvalue weighted by Gasteiger charge is 2.24. The molecule has 98 valence electrons. The summed E-state index contributed by atoms with van der Waals surface area (Å²) in [7, 11) is -3.61. The van der Waals surface area contributed by atoms with Crippen molar-refractivity contribution in [1.29, 1.82) is 0 Å². The smallest absolute Gasteiger partial charge is 0.244 e. The second kappa shape index (κ2) is 5.74. The summed E-state index contributed by atoms with van der Waals surface area (Å²) in [5.74, 6) is 2.91. The molecule has 5 heteroatoms. The van der Waals surface area contributed by atoms with Crippen LogP contribution in [0.5, 0.6) is 0 Å². The van der Waals surface area contributed by atoms with E-state index < -0.39 is 10.0 Å². The van der Waals surface area contributed by atoms with Crippen molar-refractivity contribution in [3.63, 3.8) is 0 Å². The number of furan rings is 1. The highest BCUT2D eigenvalue weighted by molar-refractivity contribution is 7.89. The van der Waals surface area contributed by atoms with Crippen LogP contribution in [0.1, 0.15) is 5.76 Å². The molecule has 0 aliphatic rings. The van der Waals surface area contributed by atoms with Gasteiger partial charge in [0.15, 0.2) is 0 Å². The van der Waals surface area contributed by atoms with Crippen LogP contribution in [0.25, 0.3) is 0 Å². The zero-order valence-corrected chi connectivity index (χ0v) is 11.0. The minimum absolute atomic E-state index is 0.00206. The largest absolute Gasteiger partial charge is 0.468 e. The van der Waals surface area contributed by atoms with E-state index in [4.69, 9.17) is 10.8 Å². The van der Waals surface area contributed by atoms with Crippen molar-refractivity contribution in [2.75, 3.05) is 6.54 Å². The number of sulfonamides is 1. The lowest BCUT2D eigenvalue weighted by molar-refractivity contribution is 0.389. The van der Waals surface area contributed by atoms with Gasteiger partial charge in [0.2, 0.25) is 10.0 Å². The van der Waals surface area contributed by atoms with Crippen LogP contribution in [0.4, 0.5) is 0 Å². The fourth-order valence-corrected chi connectivity index (χ4v) is 2.99. The Morgan fingerprint density at radius 1 is 1.16 bits per heavy atom. The molecule has 0 bridgehead atoms. The average Bonchev–Trinajstić information content (AvgIpc) is 2.92. The van der Waals surface area contributed by atoms with E-state index in [1.807, 2.05) is 0 Å². The number of hydrogen-bond acceptors (Lipinski definition) is 3. The molecule has 0 N–H and O–H groups in total. The van der Waals surface area contributed by atoms with Crippen molar-refractivity contribution in [3.8, 4) is 12.3 Å². The Bertz CT molecular complexity index is 654. The summed E-state index contributed by atoms with van der Waals surface area (Å²) < 4.78 is 31.3. The van der Waals surface area contributed by atoms with E-state index in [9.17, 15) is 8.42 Å². The van der Waals surface area contributed by atoms with Crippen molar-refractivity contribution in [3.05, 3.63) is 54.5 Å². The molecule has 4 nitrogen and oxygen atoms in total. The van der Waals surface area contributed by atoms with Gasteiger partial charge in [-0.25, -0.2) is 8.42 Å². The minimum atomic E-state index is -3.61. The third-order valence-corrected chi connectivity index (χ3v) is 4.37. The van der Waals surface area contributed by atoms with Crippen LogP contribution in [0, 0.1) is 12.3 Å². The van der Waals surface area contributed by atoms with Gasteiger partial charge in [0.25, 0.3) is 0 Å². The molecule has 1 aromatic carbocycles. The Hall–Kier alpha value is -2.03. The van der Waals surface area contributed by atoms with Gasteiger partial charge in [-0.05, 0) is 24.3 Å². The molecule has 0 atom stereocenters. The van der Waals surface area contributed by atoms with E-state index in [1.165, 1.54) is 10.6 Å². The molecule has 0 aliphatic heterocycles.